The molecule has 0 heterocycles. The molecule has 1 fully saturated rings. The third-order valence-electron chi connectivity index (χ3n) is 3.31. The highest BCUT2D eigenvalue weighted by Gasteiger charge is 2.33. The summed E-state index contributed by atoms with van der Waals surface area (Å²) in [6.07, 6.45) is 0.385. The van der Waals surface area contributed by atoms with E-state index in [-0.39, 0.29) is 5.92 Å². The first kappa shape index (κ1) is 17.8. The topological polar surface area (TPSA) is 84.5 Å². The van der Waals surface area contributed by atoms with Crippen LogP contribution in [-0.4, -0.2) is 30.4 Å². The van der Waals surface area contributed by atoms with Gasteiger partial charge in [-0.3, -0.25) is 14.4 Å². The Morgan fingerprint density at radius 3 is 2.50 bits per heavy atom. The molecule has 24 heavy (non-hydrogen) atoms. The molecule has 9 heteroatoms. The van der Waals surface area contributed by atoms with Crippen LogP contribution in [0.5, 0.6) is 0 Å². The van der Waals surface area contributed by atoms with Crippen LogP contribution >= 0.6 is 0 Å². The summed E-state index contributed by atoms with van der Waals surface area (Å²) in [6, 6.07) is 1.51. The Kier molecular flexibility index (Phi) is 5.42. The van der Waals surface area contributed by atoms with Crippen LogP contribution in [0, 0.1) is 23.4 Å². The number of halogens is 3. The highest BCUT2D eigenvalue weighted by molar-refractivity contribution is 5.95. The molecule has 0 radical (unpaired) electrons. The monoisotopic (exact) mass is 344 g/mol. The van der Waals surface area contributed by atoms with E-state index in [9.17, 15) is 27.6 Å². The number of carbonyl (C=O) groups is 3. The average Bonchev–Trinajstić information content (AvgIpc) is 3.38. The van der Waals surface area contributed by atoms with Crippen LogP contribution in [0.15, 0.2) is 12.1 Å². The van der Waals surface area contributed by atoms with Crippen molar-refractivity contribution in [3.05, 3.63) is 29.6 Å². The van der Waals surface area contributed by atoms with Crippen LogP contribution in [0.25, 0.3) is 0 Å². The van der Waals surface area contributed by atoms with Gasteiger partial charge in [-0.15, -0.1) is 0 Å². The third-order valence-corrected chi connectivity index (χ3v) is 3.31. The van der Waals surface area contributed by atoms with E-state index in [2.05, 4.69) is 5.32 Å². The van der Waals surface area contributed by atoms with E-state index < -0.39 is 53.6 Å². The summed E-state index contributed by atoms with van der Waals surface area (Å²) in [7, 11) is 0. The van der Waals surface area contributed by atoms with E-state index in [0.717, 1.165) is 18.9 Å². The number of esters is 1. The lowest BCUT2D eigenvalue weighted by Crippen LogP contribution is -2.40. The highest BCUT2D eigenvalue weighted by atomic mass is 19.2. The van der Waals surface area contributed by atoms with Crippen LogP contribution in [0.4, 0.5) is 18.9 Å². The van der Waals surface area contributed by atoms with Gasteiger partial charge in [0.2, 0.25) is 5.91 Å². The molecular weight excluding hydrogens is 329 g/mol. The fourth-order valence-electron chi connectivity index (χ4n) is 1.77. The summed E-state index contributed by atoms with van der Waals surface area (Å²) in [6.45, 7) is 0.797. The SMILES string of the molecule is CC(OC(=O)C1CC1)C(=O)NCC(=O)Nc1ccc(F)c(F)c1F. The highest BCUT2D eigenvalue weighted by Crippen LogP contribution is 2.30. The lowest BCUT2D eigenvalue weighted by molar-refractivity contribution is -0.156. The first-order valence-electron chi connectivity index (χ1n) is 7.21. The standard InChI is InChI=1S/C15H15F3N2O4/c1-7(24-15(23)8-2-3-8)14(22)19-6-11(21)20-10-5-4-9(16)12(17)13(10)18/h4-5,7-8H,2-3,6H2,1H3,(H,19,22)(H,20,21). The number of nitrogens with one attached hydrogen (secondary N) is 2. The van der Waals surface area contributed by atoms with Crippen molar-refractivity contribution in [2.45, 2.75) is 25.9 Å². The molecule has 0 aliphatic heterocycles. The lowest BCUT2D eigenvalue weighted by Gasteiger charge is -2.13. The van der Waals surface area contributed by atoms with Crippen molar-refractivity contribution in [3.8, 4) is 0 Å². The molecule has 0 aromatic heterocycles. The molecule has 1 aliphatic rings. The molecule has 1 atom stereocenters. The van der Waals surface area contributed by atoms with Gasteiger partial charge in [0.15, 0.2) is 23.6 Å². The molecule has 1 saturated carbocycles. The predicted molar refractivity (Wildman–Crippen MR) is 76.2 cm³/mol. The zero-order valence-corrected chi connectivity index (χ0v) is 12.7. The first-order valence-corrected chi connectivity index (χ1v) is 7.21. The number of hydrogen-bond acceptors (Lipinski definition) is 4. The number of carbonyl (C=O) groups excluding carboxylic acids is 3. The Morgan fingerprint density at radius 1 is 1.21 bits per heavy atom. The summed E-state index contributed by atoms with van der Waals surface area (Å²) >= 11 is 0. The van der Waals surface area contributed by atoms with Gasteiger partial charge in [-0.05, 0) is 31.9 Å². The van der Waals surface area contributed by atoms with Crippen LogP contribution in [0.3, 0.4) is 0 Å². The first-order chi connectivity index (χ1) is 11.3. The van der Waals surface area contributed by atoms with Crippen molar-refractivity contribution < 1.29 is 32.3 Å². The molecule has 2 rings (SSSR count). The second-order valence-corrected chi connectivity index (χ2v) is 5.34. The lowest BCUT2D eigenvalue weighted by atomic mass is 10.2. The smallest absolute Gasteiger partial charge is 0.309 e. The Morgan fingerprint density at radius 2 is 1.88 bits per heavy atom. The van der Waals surface area contributed by atoms with Crippen molar-refractivity contribution >= 4 is 23.5 Å². The minimum absolute atomic E-state index is 0.167. The van der Waals surface area contributed by atoms with Crippen LogP contribution in [-0.2, 0) is 19.1 Å². The summed E-state index contributed by atoms with van der Waals surface area (Å²) in [4.78, 5) is 34.7. The maximum atomic E-state index is 13.4. The average molecular weight is 344 g/mol. The van der Waals surface area contributed by atoms with Gasteiger partial charge in [-0.1, -0.05) is 0 Å². The molecular formula is C15H15F3N2O4. The summed E-state index contributed by atoms with van der Waals surface area (Å²) < 4.78 is 44.1. The second kappa shape index (κ2) is 7.33. The molecule has 1 unspecified atom stereocenters. The van der Waals surface area contributed by atoms with Gasteiger partial charge >= 0.3 is 5.97 Å². The zero-order valence-electron chi connectivity index (χ0n) is 12.7. The van der Waals surface area contributed by atoms with Gasteiger partial charge in [0.25, 0.3) is 5.91 Å². The maximum Gasteiger partial charge on any atom is 0.309 e. The maximum absolute atomic E-state index is 13.4. The van der Waals surface area contributed by atoms with Gasteiger partial charge < -0.3 is 15.4 Å². The van der Waals surface area contributed by atoms with Crippen molar-refractivity contribution in [2.24, 2.45) is 5.92 Å². The predicted octanol–water partition coefficient (Wildman–Crippen LogP) is 1.50. The Balaban J connectivity index is 1.81. The largest absolute Gasteiger partial charge is 0.452 e. The summed E-state index contributed by atoms with van der Waals surface area (Å²) in [5, 5.41) is 4.19. The number of rotatable bonds is 6. The van der Waals surface area contributed by atoms with Crippen molar-refractivity contribution in [2.75, 3.05) is 11.9 Å². The van der Waals surface area contributed by atoms with E-state index in [1.54, 1.807) is 0 Å². The van der Waals surface area contributed by atoms with Crippen LogP contribution in [0.1, 0.15) is 19.8 Å². The summed E-state index contributed by atoms with van der Waals surface area (Å²) in [5.74, 6) is -6.83. The van der Waals surface area contributed by atoms with E-state index in [1.165, 1.54) is 6.92 Å². The number of anilines is 1. The number of ether oxygens (including phenoxy) is 1. The van der Waals surface area contributed by atoms with Crippen molar-refractivity contribution in [1.29, 1.82) is 0 Å². The van der Waals surface area contributed by atoms with Gasteiger partial charge in [0.05, 0.1) is 18.2 Å². The van der Waals surface area contributed by atoms with Gasteiger partial charge in [-0.2, -0.15) is 0 Å². The Bertz CT molecular complexity index is 677. The van der Waals surface area contributed by atoms with E-state index in [4.69, 9.17) is 4.74 Å². The molecule has 2 N–H and O–H groups in total. The van der Waals surface area contributed by atoms with E-state index in [1.807, 2.05) is 5.32 Å². The molecule has 130 valence electrons. The third kappa shape index (κ3) is 4.46. The van der Waals surface area contributed by atoms with Crippen molar-refractivity contribution in [1.82, 2.24) is 5.32 Å². The molecule has 0 spiro atoms. The van der Waals surface area contributed by atoms with E-state index >= 15 is 0 Å². The Labute approximate surface area is 135 Å². The molecule has 1 aliphatic carbocycles. The quantitative estimate of drug-likeness (QED) is 0.605. The van der Waals surface area contributed by atoms with E-state index in [0.29, 0.717) is 6.07 Å². The number of benzene rings is 1. The summed E-state index contributed by atoms with van der Waals surface area (Å²) in [5.41, 5.74) is -0.554. The molecule has 1 aromatic carbocycles. The Hall–Kier alpha value is -2.58. The molecule has 0 saturated heterocycles. The second-order valence-electron chi connectivity index (χ2n) is 5.34. The van der Waals surface area contributed by atoms with Crippen LogP contribution in [0.2, 0.25) is 0 Å². The number of amides is 2. The molecule has 6 nitrogen and oxygen atoms in total. The number of hydrogen-bond donors (Lipinski definition) is 2. The zero-order chi connectivity index (χ0) is 17.9. The molecule has 1 aromatic rings. The fourth-order valence-corrected chi connectivity index (χ4v) is 1.77. The van der Waals surface area contributed by atoms with Gasteiger partial charge in [0, 0.05) is 0 Å². The molecule has 2 amide bonds. The molecule has 0 bridgehead atoms. The minimum atomic E-state index is -1.71. The van der Waals surface area contributed by atoms with Crippen LogP contribution < -0.4 is 10.6 Å². The fraction of sp³-hybridized carbons (Fsp3) is 0.400. The normalized spacial score (nSPS) is 14.7. The van der Waals surface area contributed by atoms with Crippen molar-refractivity contribution in [3.63, 3.8) is 0 Å². The van der Waals surface area contributed by atoms with Gasteiger partial charge in [0.1, 0.15) is 0 Å². The van der Waals surface area contributed by atoms with Gasteiger partial charge in [-0.25, -0.2) is 13.2 Å². The minimum Gasteiger partial charge on any atom is -0.452 e.